The molecule has 18 heavy (non-hydrogen) atoms. The molecule has 0 aliphatic heterocycles. The maximum Gasteiger partial charge on any atom is 0.296 e. The minimum atomic E-state index is -4.11. The zero-order valence-corrected chi connectivity index (χ0v) is 9.71. The third-order valence-electron chi connectivity index (χ3n) is 1.93. The molecule has 1 rings (SSSR count). The van der Waals surface area contributed by atoms with E-state index in [2.05, 4.69) is 6.92 Å². The summed E-state index contributed by atoms with van der Waals surface area (Å²) >= 11 is 0. The molecule has 9 nitrogen and oxygen atoms in total. The Morgan fingerprint density at radius 2 is 1.83 bits per heavy atom. The van der Waals surface area contributed by atoms with Crippen molar-refractivity contribution >= 4 is 21.4 Å². The zero-order valence-electron chi connectivity index (χ0n) is 8.90. The van der Waals surface area contributed by atoms with Crippen LogP contribution >= 0.6 is 0 Å². The normalized spacial score (nSPS) is 11.2. The fourth-order valence-corrected chi connectivity index (χ4v) is 2.28. The highest BCUT2D eigenvalue weighted by atomic mass is 32.2. The molecule has 0 aliphatic carbocycles. The molecule has 1 aromatic rings. The van der Waals surface area contributed by atoms with Gasteiger partial charge in [0.25, 0.3) is 11.4 Å². The van der Waals surface area contributed by atoms with E-state index in [9.17, 15) is 28.6 Å². The number of hydrogen-bond acceptors (Lipinski definition) is 6. The lowest BCUT2D eigenvalue weighted by molar-refractivity contribution is -0.396. The van der Waals surface area contributed by atoms with E-state index in [1.54, 1.807) is 0 Å². The molecule has 0 saturated carbocycles. The van der Waals surface area contributed by atoms with E-state index in [0.717, 1.165) is 12.1 Å². The first-order chi connectivity index (χ1) is 8.29. The van der Waals surface area contributed by atoms with Crippen LogP contribution in [0.15, 0.2) is 23.1 Å². The van der Waals surface area contributed by atoms with Crippen molar-refractivity contribution in [3.8, 4) is 0 Å². The van der Waals surface area contributed by atoms with E-state index >= 15 is 0 Å². The second-order valence-electron chi connectivity index (χ2n) is 3.06. The van der Waals surface area contributed by atoms with E-state index in [-0.39, 0.29) is 6.54 Å². The van der Waals surface area contributed by atoms with Crippen LogP contribution in [0.4, 0.5) is 11.4 Å². The quantitative estimate of drug-likeness (QED) is 0.618. The number of rotatable bonds is 5. The summed E-state index contributed by atoms with van der Waals surface area (Å²) in [5.74, 6) is 0. The van der Waals surface area contributed by atoms with Gasteiger partial charge in [-0.15, -0.1) is 0 Å². The summed E-state index contributed by atoms with van der Waals surface area (Å²) in [6.07, 6.45) is 0. The Morgan fingerprint density at radius 1 is 1.22 bits per heavy atom. The lowest BCUT2D eigenvalue weighted by atomic mass is 10.3. The summed E-state index contributed by atoms with van der Waals surface area (Å²) in [6, 6.07) is 2.29. The number of sulfonamides is 1. The average molecular weight is 274 g/mol. The largest absolute Gasteiger partial charge is 0.296 e. The van der Waals surface area contributed by atoms with Crippen LogP contribution < -0.4 is 4.72 Å². The molecule has 0 fully saturated rings. The summed E-state index contributed by atoms with van der Waals surface area (Å²) in [7, 11) is -4.11. The number of nitro groups is 2. The Morgan fingerprint density at radius 3 is 2.28 bits per heavy atom. The minimum absolute atomic E-state index is 0.198. The van der Waals surface area contributed by atoms with Crippen LogP contribution in [0.3, 0.4) is 0 Å². The zero-order chi connectivity index (χ0) is 13.9. The molecule has 10 heteroatoms. The van der Waals surface area contributed by atoms with Gasteiger partial charge in [-0.2, -0.15) is 0 Å². The van der Waals surface area contributed by atoms with Crippen molar-refractivity contribution in [1.29, 1.82) is 0 Å². The molecule has 0 aliphatic rings. The van der Waals surface area contributed by atoms with E-state index in [1.165, 1.54) is 0 Å². The number of non-ortho nitro benzene ring substituents is 1. The van der Waals surface area contributed by atoms with Crippen LogP contribution in [-0.4, -0.2) is 24.8 Å². The smallest absolute Gasteiger partial charge is 0.258 e. The van der Waals surface area contributed by atoms with Crippen molar-refractivity contribution in [3.63, 3.8) is 0 Å². The van der Waals surface area contributed by atoms with Crippen LogP contribution in [0.2, 0.25) is 0 Å². The van der Waals surface area contributed by atoms with Crippen LogP contribution in [0.25, 0.3) is 0 Å². The van der Waals surface area contributed by atoms with Gasteiger partial charge in [0.1, 0.15) is 0 Å². The SMILES string of the molecule is [CH2]CNS(=O)(=O)c1ccc([N+](=O)[O-])cc1[N+](=O)[O-]. The number of nitro benzene ring substituents is 2. The lowest BCUT2D eigenvalue weighted by Crippen LogP contribution is -2.24. The van der Waals surface area contributed by atoms with Gasteiger partial charge in [0.2, 0.25) is 10.0 Å². The molecule has 0 aromatic heterocycles. The van der Waals surface area contributed by atoms with Gasteiger partial charge >= 0.3 is 0 Å². The number of nitrogens with one attached hydrogen (secondary N) is 1. The van der Waals surface area contributed by atoms with E-state index in [0.29, 0.717) is 6.07 Å². The van der Waals surface area contributed by atoms with Gasteiger partial charge in [-0.05, 0) is 13.0 Å². The molecule has 0 spiro atoms. The predicted molar refractivity (Wildman–Crippen MR) is 60.3 cm³/mol. The summed E-state index contributed by atoms with van der Waals surface area (Å²) in [5.41, 5.74) is -1.42. The van der Waals surface area contributed by atoms with Crippen molar-refractivity contribution in [1.82, 2.24) is 4.72 Å². The predicted octanol–water partition coefficient (Wildman–Crippen LogP) is 0.615. The molecule has 0 saturated heterocycles. The standard InChI is InChI=1S/C8H8N3O6S/c1-2-9-18(16,17)8-4-3-6(10(12)13)5-7(8)11(14)15/h3-5,9H,1-2H2. The molecule has 1 N–H and O–H groups in total. The van der Waals surface area contributed by atoms with Gasteiger partial charge in [0.05, 0.1) is 15.9 Å². The van der Waals surface area contributed by atoms with E-state index in [4.69, 9.17) is 0 Å². The van der Waals surface area contributed by atoms with Gasteiger partial charge < -0.3 is 0 Å². The number of nitrogens with zero attached hydrogens (tertiary/aromatic N) is 2. The minimum Gasteiger partial charge on any atom is -0.258 e. The Hall–Kier alpha value is -2.07. The number of benzene rings is 1. The highest BCUT2D eigenvalue weighted by Gasteiger charge is 2.27. The topological polar surface area (TPSA) is 132 Å². The summed E-state index contributed by atoms with van der Waals surface area (Å²) in [5, 5.41) is 21.2. The Kier molecular flexibility index (Phi) is 3.93. The Balaban J connectivity index is 3.46. The summed E-state index contributed by atoms with van der Waals surface area (Å²) < 4.78 is 25.2. The van der Waals surface area contributed by atoms with E-state index < -0.39 is 36.1 Å². The lowest BCUT2D eigenvalue weighted by Gasteiger charge is -2.04. The highest BCUT2D eigenvalue weighted by molar-refractivity contribution is 7.89. The third kappa shape index (κ3) is 2.78. The van der Waals surface area contributed by atoms with Crippen molar-refractivity contribution in [3.05, 3.63) is 45.4 Å². The van der Waals surface area contributed by atoms with Crippen molar-refractivity contribution in [2.45, 2.75) is 4.90 Å². The van der Waals surface area contributed by atoms with Gasteiger partial charge in [-0.1, -0.05) is 0 Å². The fourth-order valence-electron chi connectivity index (χ4n) is 1.20. The molecule has 0 bridgehead atoms. The first-order valence-corrected chi connectivity index (χ1v) is 5.99. The molecule has 0 unspecified atom stereocenters. The first-order valence-electron chi connectivity index (χ1n) is 4.51. The Bertz CT molecular complexity index is 597. The van der Waals surface area contributed by atoms with Crippen LogP contribution in [0.5, 0.6) is 0 Å². The van der Waals surface area contributed by atoms with Crippen LogP contribution in [-0.2, 0) is 10.0 Å². The first kappa shape index (κ1) is 14.0. The molecular formula is C8H8N3O6S. The fraction of sp³-hybridized carbons (Fsp3) is 0.125. The van der Waals surface area contributed by atoms with Gasteiger partial charge in [0, 0.05) is 12.6 Å². The molecular weight excluding hydrogens is 266 g/mol. The van der Waals surface area contributed by atoms with Crippen LogP contribution in [0, 0.1) is 27.2 Å². The van der Waals surface area contributed by atoms with Crippen LogP contribution in [0.1, 0.15) is 0 Å². The maximum atomic E-state index is 11.6. The second kappa shape index (κ2) is 5.06. The molecule has 97 valence electrons. The molecule has 0 amide bonds. The van der Waals surface area contributed by atoms with Crippen molar-refractivity contribution < 1.29 is 18.3 Å². The summed E-state index contributed by atoms with van der Waals surface area (Å²) in [6.45, 7) is 3.05. The van der Waals surface area contributed by atoms with Gasteiger partial charge in [-0.3, -0.25) is 20.2 Å². The monoisotopic (exact) mass is 274 g/mol. The van der Waals surface area contributed by atoms with E-state index in [1.807, 2.05) is 4.72 Å². The third-order valence-corrected chi connectivity index (χ3v) is 3.44. The van der Waals surface area contributed by atoms with Gasteiger partial charge in [-0.25, -0.2) is 13.1 Å². The average Bonchev–Trinajstić information content (AvgIpc) is 2.27. The Labute approximate surface area is 102 Å². The highest BCUT2D eigenvalue weighted by Crippen LogP contribution is 2.27. The second-order valence-corrected chi connectivity index (χ2v) is 4.80. The van der Waals surface area contributed by atoms with Gasteiger partial charge in [0.15, 0.2) is 4.90 Å². The van der Waals surface area contributed by atoms with Crippen molar-refractivity contribution in [2.75, 3.05) is 6.54 Å². The number of hydrogen-bond donors (Lipinski definition) is 1. The molecule has 1 radical (unpaired) electrons. The molecule has 1 aromatic carbocycles. The summed E-state index contributed by atoms with van der Waals surface area (Å²) in [4.78, 5) is 18.7. The van der Waals surface area contributed by atoms with Crippen molar-refractivity contribution in [2.24, 2.45) is 0 Å². The maximum absolute atomic E-state index is 11.6. The molecule has 0 atom stereocenters. The molecule has 0 heterocycles.